The maximum atomic E-state index is 12.0. The second-order valence-electron chi connectivity index (χ2n) is 4.68. The average molecular weight is 199 g/mol. The number of carbonyl (C=O) groups excluding carboxylic acids is 1. The van der Waals surface area contributed by atoms with Crippen molar-refractivity contribution in [3.63, 3.8) is 0 Å². The van der Waals surface area contributed by atoms with Gasteiger partial charge in [-0.15, -0.1) is 0 Å². The topological polar surface area (TPSA) is 40.5 Å². The van der Waals surface area contributed by atoms with Gasteiger partial charge < -0.3 is 10.0 Å². The minimum atomic E-state index is -0.161. The lowest BCUT2D eigenvalue weighted by Gasteiger charge is -2.20. The molecule has 1 aliphatic rings. The smallest absolute Gasteiger partial charge is 0.142 e. The Morgan fingerprint density at radius 1 is 1.57 bits per heavy atom. The van der Waals surface area contributed by atoms with E-state index >= 15 is 0 Å². The summed E-state index contributed by atoms with van der Waals surface area (Å²) in [6.07, 6.45) is 0.957. The van der Waals surface area contributed by atoms with Crippen LogP contribution in [0.1, 0.15) is 20.3 Å². The van der Waals surface area contributed by atoms with Crippen molar-refractivity contribution in [2.24, 2.45) is 17.8 Å². The molecule has 82 valence electrons. The molecule has 0 radical (unpaired) electrons. The van der Waals surface area contributed by atoms with Crippen LogP contribution in [0.4, 0.5) is 0 Å². The molecular weight excluding hydrogens is 178 g/mol. The van der Waals surface area contributed by atoms with Crippen LogP contribution in [0, 0.1) is 17.8 Å². The molecule has 2 unspecified atom stereocenters. The fraction of sp³-hybridized carbons (Fsp3) is 0.909. The quantitative estimate of drug-likeness (QED) is 0.727. The minimum absolute atomic E-state index is 0.00326. The Kier molecular flexibility index (Phi) is 4.08. The summed E-state index contributed by atoms with van der Waals surface area (Å²) in [6.45, 7) is 5.86. The van der Waals surface area contributed by atoms with Crippen molar-refractivity contribution in [1.82, 2.24) is 4.90 Å². The first-order valence-corrected chi connectivity index (χ1v) is 5.39. The van der Waals surface area contributed by atoms with Gasteiger partial charge in [0.2, 0.25) is 0 Å². The summed E-state index contributed by atoms with van der Waals surface area (Å²) in [5, 5.41) is 9.16. The third-order valence-corrected chi connectivity index (χ3v) is 3.16. The number of hydrogen-bond acceptors (Lipinski definition) is 3. The predicted octanol–water partition coefficient (Wildman–Crippen LogP) is 0.772. The third-order valence-electron chi connectivity index (χ3n) is 3.16. The Morgan fingerprint density at radius 3 is 2.57 bits per heavy atom. The van der Waals surface area contributed by atoms with Gasteiger partial charge in [0.05, 0.1) is 6.61 Å². The van der Waals surface area contributed by atoms with E-state index < -0.39 is 0 Å². The number of aliphatic hydroxyl groups excluding tert-OH is 1. The number of ketones is 1. The maximum Gasteiger partial charge on any atom is 0.142 e. The monoisotopic (exact) mass is 199 g/mol. The average Bonchev–Trinajstić information content (AvgIpc) is 2.52. The number of aliphatic hydroxyl groups is 1. The Morgan fingerprint density at radius 2 is 2.21 bits per heavy atom. The van der Waals surface area contributed by atoms with E-state index in [0.29, 0.717) is 0 Å². The second kappa shape index (κ2) is 4.89. The highest BCUT2D eigenvalue weighted by Gasteiger charge is 2.32. The summed E-state index contributed by atoms with van der Waals surface area (Å²) in [5.41, 5.74) is 0. The molecule has 1 N–H and O–H groups in total. The van der Waals surface area contributed by atoms with Gasteiger partial charge in [-0.25, -0.2) is 0 Å². The number of Topliss-reactive ketones (excluding diaryl/α,β-unsaturated/α-hetero) is 1. The van der Waals surface area contributed by atoms with E-state index in [1.807, 2.05) is 20.9 Å². The van der Waals surface area contributed by atoms with Crippen molar-refractivity contribution in [2.75, 3.05) is 26.7 Å². The molecule has 3 heteroatoms. The lowest BCUT2D eigenvalue weighted by atomic mass is 9.85. The van der Waals surface area contributed by atoms with Crippen LogP contribution in [-0.2, 0) is 4.79 Å². The zero-order valence-electron chi connectivity index (χ0n) is 9.36. The molecule has 14 heavy (non-hydrogen) atoms. The van der Waals surface area contributed by atoms with Gasteiger partial charge in [-0.1, -0.05) is 13.8 Å². The molecule has 1 aliphatic heterocycles. The van der Waals surface area contributed by atoms with E-state index in [0.717, 1.165) is 19.5 Å². The first kappa shape index (κ1) is 11.7. The number of nitrogens with zero attached hydrogens (tertiary/aromatic N) is 1. The normalized spacial score (nSPS) is 25.6. The SMILES string of the molecule is CC(C)C(CO)C(=O)C1CCN(C)C1. The van der Waals surface area contributed by atoms with E-state index in [1.54, 1.807) is 0 Å². The van der Waals surface area contributed by atoms with Gasteiger partial charge >= 0.3 is 0 Å². The van der Waals surface area contributed by atoms with Gasteiger partial charge in [-0.2, -0.15) is 0 Å². The van der Waals surface area contributed by atoms with Crippen LogP contribution in [0.2, 0.25) is 0 Å². The third kappa shape index (κ3) is 2.55. The number of rotatable bonds is 4. The molecule has 1 rings (SSSR count). The summed E-state index contributed by atoms with van der Waals surface area (Å²) in [6, 6.07) is 0. The van der Waals surface area contributed by atoms with Crippen molar-refractivity contribution in [1.29, 1.82) is 0 Å². The van der Waals surface area contributed by atoms with Gasteiger partial charge in [-0.3, -0.25) is 4.79 Å². The molecule has 1 saturated heterocycles. The Balaban J connectivity index is 2.55. The van der Waals surface area contributed by atoms with E-state index in [-0.39, 0.29) is 30.1 Å². The molecule has 0 aromatic heterocycles. The Bertz CT molecular complexity index is 203. The van der Waals surface area contributed by atoms with E-state index in [9.17, 15) is 4.79 Å². The van der Waals surface area contributed by atoms with Crippen LogP contribution in [0.5, 0.6) is 0 Å². The van der Waals surface area contributed by atoms with Crippen LogP contribution in [0.3, 0.4) is 0 Å². The molecule has 0 aromatic carbocycles. The van der Waals surface area contributed by atoms with Gasteiger partial charge in [0, 0.05) is 18.4 Å². The first-order chi connectivity index (χ1) is 6.56. The molecule has 1 heterocycles. The fourth-order valence-electron chi connectivity index (χ4n) is 2.10. The molecule has 0 aliphatic carbocycles. The van der Waals surface area contributed by atoms with Crippen LogP contribution in [0.15, 0.2) is 0 Å². The second-order valence-corrected chi connectivity index (χ2v) is 4.68. The molecule has 0 saturated carbocycles. The molecule has 0 amide bonds. The summed E-state index contributed by atoms with van der Waals surface area (Å²) in [7, 11) is 2.04. The molecule has 1 fully saturated rings. The standard InChI is InChI=1S/C11H21NO2/c1-8(2)10(7-13)11(14)9-4-5-12(3)6-9/h8-10,13H,4-7H2,1-3H3. The van der Waals surface area contributed by atoms with Crippen molar-refractivity contribution < 1.29 is 9.90 Å². The van der Waals surface area contributed by atoms with Crippen molar-refractivity contribution in [3.05, 3.63) is 0 Å². The van der Waals surface area contributed by atoms with Crippen LogP contribution >= 0.6 is 0 Å². The Labute approximate surface area is 86.1 Å². The first-order valence-electron chi connectivity index (χ1n) is 5.39. The molecular formula is C11H21NO2. The zero-order valence-corrected chi connectivity index (χ0v) is 9.36. The lowest BCUT2D eigenvalue weighted by Crippen LogP contribution is -2.31. The highest BCUT2D eigenvalue weighted by Crippen LogP contribution is 2.22. The largest absolute Gasteiger partial charge is 0.396 e. The maximum absolute atomic E-state index is 12.0. The minimum Gasteiger partial charge on any atom is -0.396 e. The number of hydrogen-bond donors (Lipinski definition) is 1. The summed E-state index contributed by atoms with van der Waals surface area (Å²) < 4.78 is 0. The molecule has 0 bridgehead atoms. The summed E-state index contributed by atoms with van der Waals surface area (Å²) in [5.74, 6) is 0.497. The van der Waals surface area contributed by atoms with E-state index in [4.69, 9.17) is 5.11 Å². The van der Waals surface area contributed by atoms with Crippen LogP contribution in [0.25, 0.3) is 0 Å². The van der Waals surface area contributed by atoms with Gasteiger partial charge in [-0.05, 0) is 25.9 Å². The van der Waals surface area contributed by atoms with E-state index in [2.05, 4.69) is 4.90 Å². The molecule has 3 nitrogen and oxygen atoms in total. The van der Waals surface area contributed by atoms with Crippen molar-refractivity contribution in [3.8, 4) is 0 Å². The number of likely N-dealkylation sites (tertiary alicyclic amines) is 1. The highest BCUT2D eigenvalue weighted by molar-refractivity contribution is 5.84. The van der Waals surface area contributed by atoms with Gasteiger partial charge in [0.15, 0.2) is 0 Å². The van der Waals surface area contributed by atoms with Gasteiger partial charge in [0.1, 0.15) is 5.78 Å². The van der Waals surface area contributed by atoms with Crippen molar-refractivity contribution >= 4 is 5.78 Å². The summed E-state index contributed by atoms with van der Waals surface area (Å²) in [4.78, 5) is 14.2. The highest BCUT2D eigenvalue weighted by atomic mass is 16.3. The lowest BCUT2D eigenvalue weighted by molar-refractivity contribution is -0.129. The number of carbonyl (C=O) groups is 1. The predicted molar refractivity (Wildman–Crippen MR) is 56.0 cm³/mol. The van der Waals surface area contributed by atoms with Crippen LogP contribution < -0.4 is 0 Å². The zero-order chi connectivity index (χ0) is 10.7. The van der Waals surface area contributed by atoms with Crippen LogP contribution in [-0.4, -0.2) is 42.5 Å². The van der Waals surface area contributed by atoms with E-state index in [1.165, 1.54) is 0 Å². The van der Waals surface area contributed by atoms with Crippen molar-refractivity contribution in [2.45, 2.75) is 20.3 Å². The van der Waals surface area contributed by atoms with Gasteiger partial charge in [0.25, 0.3) is 0 Å². The summed E-state index contributed by atoms with van der Waals surface area (Å²) >= 11 is 0. The molecule has 0 aromatic rings. The molecule has 0 spiro atoms. The fourth-order valence-corrected chi connectivity index (χ4v) is 2.10. The Hall–Kier alpha value is -0.410. The molecule has 2 atom stereocenters.